The van der Waals surface area contributed by atoms with Crippen molar-refractivity contribution in [1.82, 2.24) is 9.78 Å². The molecule has 3 nitrogen and oxygen atoms in total. The monoisotopic (exact) mass is 269 g/mol. The van der Waals surface area contributed by atoms with Crippen molar-refractivity contribution in [2.24, 2.45) is 12.8 Å². The molecule has 1 fully saturated rings. The first-order valence-corrected chi connectivity index (χ1v) is 6.01. The lowest BCUT2D eigenvalue weighted by molar-refractivity contribution is 0.711. The van der Waals surface area contributed by atoms with Crippen LogP contribution >= 0.6 is 15.9 Å². The first kappa shape index (κ1) is 10.9. The van der Waals surface area contributed by atoms with Crippen LogP contribution in [0.2, 0.25) is 0 Å². The predicted molar refractivity (Wildman–Crippen MR) is 65.4 cm³/mol. The smallest absolute Gasteiger partial charge is 0.0751 e. The van der Waals surface area contributed by atoms with Gasteiger partial charge in [-0.1, -0.05) is 5.57 Å². The molecule has 82 valence electrons. The summed E-state index contributed by atoms with van der Waals surface area (Å²) >= 11 is 3.56. The molecule has 2 N–H and O–H groups in total. The van der Waals surface area contributed by atoms with Crippen molar-refractivity contribution in [3.8, 4) is 0 Å². The van der Waals surface area contributed by atoms with Gasteiger partial charge in [0, 0.05) is 13.1 Å². The molecule has 15 heavy (non-hydrogen) atoms. The molecular weight excluding hydrogens is 254 g/mol. The number of aryl methyl sites for hydroxylation is 2. The third-order valence-electron chi connectivity index (χ3n) is 2.89. The topological polar surface area (TPSA) is 43.8 Å². The fourth-order valence-corrected chi connectivity index (χ4v) is 2.49. The Hall–Kier alpha value is -0.610. The number of aromatic nitrogens is 2. The summed E-state index contributed by atoms with van der Waals surface area (Å²) in [7, 11) is 1.97. The average Bonchev–Trinajstić information content (AvgIpc) is 2.67. The highest BCUT2D eigenvalue weighted by Gasteiger charge is 2.17. The molecule has 4 heteroatoms. The Morgan fingerprint density at radius 1 is 1.60 bits per heavy atom. The van der Waals surface area contributed by atoms with Crippen LogP contribution < -0.4 is 5.73 Å². The molecule has 0 amide bonds. The molecule has 1 heterocycles. The molecule has 0 bridgehead atoms. The minimum Gasteiger partial charge on any atom is -0.327 e. The van der Waals surface area contributed by atoms with Gasteiger partial charge in [-0.3, -0.25) is 4.68 Å². The molecule has 1 atom stereocenters. The molecule has 0 aliphatic heterocycles. The van der Waals surface area contributed by atoms with E-state index in [2.05, 4.69) is 27.1 Å². The number of nitrogens with zero attached hydrogens (tertiary/aromatic N) is 2. The van der Waals surface area contributed by atoms with E-state index >= 15 is 0 Å². The number of rotatable bonds is 1. The van der Waals surface area contributed by atoms with Gasteiger partial charge in [-0.25, -0.2) is 0 Å². The van der Waals surface area contributed by atoms with E-state index in [-0.39, 0.29) is 0 Å². The SMILES string of the molecule is Cc1nn(C)c(C=C2CCC(N)C2)c1Br. The third-order valence-corrected chi connectivity index (χ3v) is 3.87. The minimum atomic E-state index is 0.351. The van der Waals surface area contributed by atoms with Crippen LogP contribution in [0.4, 0.5) is 0 Å². The lowest BCUT2D eigenvalue weighted by Crippen LogP contribution is -2.13. The van der Waals surface area contributed by atoms with Crippen LogP contribution in [0, 0.1) is 6.92 Å². The number of halogens is 1. The molecule has 1 unspecified atom stereocenters. The number of hydrogen-bond acceptors (Lipinski definition) is 2. The maximum atomic E-state index is 5.89. The van der Waals surface area contributed by atoms with Crippen LogP contribution in [-0.2, 0) is 7.05 Å². The lowest BCUT2D eigenvalue weighted by atomic mass is 10.2. The first-order valence-electron chi connectivity index (χ1n) is 5.22. The van der Waals surface area contributed by atoms with Crippen LogP contribution in [0.3, 0.4) is 0 Å². The highest BCUT2D eigenvalue weighted by molar-refractivity contribution is 9.10. The lowest BCUT2D eigenvalue weighted by Gasteiger charge is -2.00. The molecule has 1 aromatic rings. The summed E-state index contributed by atoms with van der Waals surface area (Å²) in [5.41, 5.74) is 9.50. The molecule has 0 spiro atoms. The van der Waals surface area contributed by atoms with Gasteiger partial charge >= 0.3 is 0 Å². The van der Waals surface area contributed by atoms with Gasteiger partial charge in [0.25, 0.3) is 0 Å². The fraction of sp³-hybridized carbons (Fsp3) is 0.545. The van der Waals surface area contributed by atoms with Crippen LogP contribution in [0.25, 0.3) is 6.08 Å². The Bertz CT molecular complexity index is 406. The van der Waals surface area contributed by atoms with E-state index in [1.807, 2.05) is 18.7 Å². The van der Waals surface area contributed by atoms with Crippen molar-refractivity contribution in [1.29, 1.82) is 0 Å². The maximum absolute atomic E-state index is 5.89. The van der Waals surface area contributed by atoms with Crippen LogP contribution in [0.5, 0.6) is 0 Å². The van der Waals surface area contributed by atoms with E-state index in [1.54, 1.807) is 0 Å². The van der Waals surface area contributed by atoms with E-state index in [0.29, 0.717) is 6.04 Å². The molecular formula is C11H16BrN3. The standard InChI is InChI=1S/C11H16BrN3/c1-7-11(12)10(15(2)14-7)6-8-3-4-9(13)5-8/h6,9H,3-5,13H2,1-2H3. The largest absolute Gasteiger partial charge is 0.327 e. The molecule has 1 aliphatic rings. The Balaban J connectivity index is 2.31. The van der Waals surface area contributed by atoms with Crippen molar-refractivity contribution >= 4 is 22.0 Å². The zero-order valence-electron chi connectivity index (χ0n) is 9.13. The van der Waals surface area contributed by atoms with Gasteiger partial charge < -0.3 is 5.73 Å². The van der Waals surface area contributed by atoms with Crippen molar-refractivity contribution < 1.29 is 0 Å². The summed E-state index contributed by atoms with van der Waals surface area (Å²) in [5, 5.41) is 4.37. The van der Waals surface area contributed by atoms with Crippen molar-refractivity contribution in [3.05, 3.63) is 21.4 Å². The molecule has 1 aromatic heterocycles. The van der Waals surface area contributed by atoms with Crippen LogP contribution in [0.1, 0.15) is 30.7 Å². The van der Waals surface area contributed by atoms with Gasteiger partial charge in [-0.15, -0.1) is 0 Å². The van der Waals surface area contributed by atoms with Gasteiger partial charge in [0.15, 0.2) is 0 Å². The Labute approximate surface area is 98.5 Å². The van der Waals surface area contributed by atoms with E-state index in [0.717, 1.165) is 35.1 Å². The summed E-state index contributed by atoms with van der Waals surface area (Å²) in [6, 6.07) is 0.351. The molecule has 2 rings (SSSR count). The summed E-state index contributed by atoms with van der Waals surface area (Å²) in [5.74, 6) is 0. The number of hydrogen-bond donors (Lipinski definition) is 1. The molecule has 0 radical (unpaired) electrons. The van der Waals surface area contributed by atoms with Crippen molar-refractivity contribution in [2.75, 3.05) is 0 Å². The van der Waals surface area contributed by atoms with Gasteiger partial charge in [0.2, 0.25) is 0 Å². The second-order valence-electron chi connectivity index (χ2n) is 4.21. The Kier molecular flexibility index (Phi) is 2.98. The van der Waals surface area contributed by atoms with E-state index in [4.69, 9.17) is 5.73 Å². The predicted octanol–water partition coefficient (Wildman–Crippen LogP) is 2.39. The van der Waals surface area contributed by atoms with Crippen LogP contribution in [-0.4, -0.2) is 15.8 Å². The highest BCUT2D eigenvalue weighted by atomic mass is 79.9. The third kappa shape index (κ3) is 2.16. The molecule has 1 saturated carbocycles. The maximum Gasteiger partial charge on any atom is 0.0751 e. The first-order chi connectivity index (χ1) is 7.08. The van der Waals surface area contributed by atoms with Crippen molar-refractivity contribution in [3.63, 3.8) is 0 Å². The quantitative estimate of drug-likeness (QED) is 0.851. The molecule has 0 aromatic carbocycles. The van der Waals surface area contributed by atoms with Crippen molar-refractivity contribution in [2.45, 2.75) is 32.2 Å². The second-order valence-corrected chi connectivity index (χ2v) is 5.01. The summed E-state index contributed by atoms with van der Waals surface area (Å²) < 4.78 is 3.01. The fourth-order valence-electron chi connectivity index (χ4n) is 2.04. The molecule has 0 saturated heterocycles. The molecule has 1 aliphatic carbocycles. The van der Waals surface area contributed by atoms with E-state index < -0.39 is 0 Å². The minimum absolute atomic E-state index is 0.351. The highest BCUT2D eigenvalue weighted by Crippen LogP contribution is 2.28. The summed E-state index contributed by atoms with van der Waals surface area (Å²) in [6.45, 7) is 2.01. The Morgan fingerprint density at radius 2 is 2.33 bits per heavy atom. The van der Waals surface area contributed by atoms with Gasteiger partial charge in [0.1, 0.15) is 0 Å². The van der Waals surface area contributed by atoms with Gasteiger partial charge in [-0.05, 0) is 48.2 Å². The van der Waals surface area contributed by atoms with Gasteiger partial charge in [-0.2, -0.15) is 5.10 Å². The van der Waals surface area contributed by atoms with E-state index in [9.17, 15) is 0 Å². The second kappa shape index (κ2) is 4.10. The normalized spacial score (nSPS) is 24.0. The zero-order valence-corrected chi connectivity index (χ0v) is 10.7. The van der Waals surface area contributed by atoms with Gasteiger partial charge in [0.05, 0.1) is 15.9 Å². The number of nitrogens with two attached hydrogens (primary N) is 1. The summed E-state index contributed by atoms with van der Waals surface area (Å²) in [6.07, 6.45) is 5.48. The zero-order chi connectivity index (χ0) is 11.0. The Morgan fingerprint density at radius 3 is 2.80 bits per heavy atom. The average molecular weight is 270 g/mol. The van der Waals surface area contributed by atoms with E-state index in [1.165, 1.54) is 5.57 Å². The van der Waals surface area contributed by atoms with Crippen LogP contribution in [0.15, 0.2) is 10.0 Å². The summed E-state index contributed by atoms with van der Waals surface area (Å²) in [4.78, 5) is 0.